The first-order valence-corrected chi connectivity index (χ1v) is 6.76. The number of fused-ring (bicyclic) bond motifs is 1. The maximum Gasteiger partial charge on any atom is 0.134 e. The van der Waals surface area contributed by atoms with E-state index in [0.29, 0.717) is 5.02 Å². The van der Waals surface area contributed by atoms with E-state index in [4.69, 9.17) is 21.8 Å². The molecule has 0 aliphatic heterocycles. The Hall–Kier alpha value is -1.36. The van der Waals surface area contributed by atoms with Gasteiger partial charge in [-0.15, -0.1) is 11.3 Å². The molecule has 0 spiro atoms. The van der Waals surface area contributed by atoms with Crippen molar-refractivity contribution >= 4 is 33.9 Å². The van der Waals surface area contributed by atoms with Gasteiger partial charge in [-0.3, -0.25) is 0 Å². The molecule has 18 heavy (non-hydrogen) atoms. The number of benzene rings is 1. The first-order valence-electron chi connectivity index (χ1n) is 5.50. The molecule has 3 nitrogen and oxygen atoms in total. The fraction of sp³-hybridized carbons (Fsp3) is 0.154. The van der Waals surface area contributed by atoms with E-state index in [1.807, 2.05) is 30.5 Å². The zero-order valence-electron chi connectivity index (χ0n) is 9.68. The number of nitrogens with two attached hydrogens (primary N) is 1. The predicted molar refractivity (Wildman–Crippen MR) is 74.1 cm³/mol. The molecule has 1 unspecified atom stereocenters. The first-order chi connectivity index (χ1) is 8.66. The number of aryl methyl sites for hydroxylation is 1. The highest BCUT2D eigenvalue weighted by Crippen LogP contribution is 2.33. The van der Waals surface area contributed by atoms with Gasteiger partial charge in [0.1, 0.15) is 22.4 Å². The Morgan fingerprint density at radius 2 is 2.28 bits per heavy atom. The lowest BCUT2D eigenvalue weighted by Gasteiger charge is -2.05. The fourth-order valence-electron chi connectivity index (χ4n) is 2.01. The minimum Gasteiger partial charge on any atom is -0.459 e. The van der Waals surface area contributed by atoms with Crippen LogP contribution in [0.25, 0.3) is 11.0 Å². The molecule has 0 aliphatic rings. The van der Waals surface area contributed by atoms with E-state index in [0.717, 1.165) is 27.3 Å². The van der Waals surface area contributed by atoms with E-state index in [1.165, 1.54) is 11.3 Å². The normalized spacial score (nSPS) is 13.1. The van der Waals surface area contributed by atoms with E-state index < -0.39 is 0 Å². The summed E-state index contributed by atoms with van der Waals surface area (Å²) in [7, 11) is 0. The van der Waals surface area contributed by atoms with Gasteiger partial charge in [0, 0.05) is 27.5 Å². The molecule has 0 aliphatic carbocycles. The van der Waals surface area contributed by atoms with Gasteiger partial charge in [-0.2, -0.15) is 0 Å². The number of hydrogen-bond acceptors (Lipinski definition) is 4. The molecule has 1 atom stereocenters. The molecule has 92 valence electrons. The lowest BCUT2D eigenvalue weighted by molar-refractivity contribution is 0.520. The molecule has 1 aromatic carbocycles. The maximum absolute atomic E-state index is 6.18. The number of furan rings is 1. The lowest BCUT2D eigenvalue weighted by atomic mass is 10.1. The van der Waals surface area contributed by atoms with Crippen molar-refractivity contribution in [2.45, 2.75) is 13.0 Å². The van der Waals surface area contributed by atoms with Gasteiger partial charge in [0.05, 0.1) is 0 Å². The largest absolute Gasteiger partial charge is 0.459 e. The minimum absolute atomic E-state index is 0.323. The molecule has 3 aromatic rings. The van der Waals surface area contributed by atoms with Gasteiger partial charge >= 0.3 is 0 Å². The SMILES string of the molecule is Cc1c(C(N)c2nccs2)oc2ccc(Cl)cc12. The number of nitrogens with zero attached hydrogens (tertiary/aromatic N) is 1. The average Bonchev–Trinajstić information content (AvgIpc) is 2.98. The van der Waals surface area contributed by atoms with Crippen LogP contribution in [0.15, 0.2) is 34.2 Å². The van der Waals surface area contributed by atoms with Gasteiger partial charge in [-0.25, -0.2) is 4.98 Å². The van der Waals surface area contributed by atoms with Gasteiger partial charge in [0.2, 0.25) is 0 Å². The second-order valence-corrected chi connectivity index (χ2v) is 5.44. The van der Waals surface area contributed by atoms with Crippen molar-refractivity contribution in [1.29, 1.82) is 0 Å². The summed E-state index contributed by atoms with van der Waals surface area (Å²) in [5, 5.41) is 4.46. The molecule has 0 saturated heterocycles. The molecule has 0 bridgehead atoms. The van der Waals surface area contributed by atoms with Gasteiger partial charge in [-0.05, 0) is 25.1 Å². The summed E-state index contributed by atoms with van der Waals surface area (Å²) in [6.07, 6.45) is 1.74. The number of aromatic nitrogens is 1. The standard InChI is InChI=1S/C13H11ClN2OS/c1-7-9-6-8(14)2-3-10(9)17-12(7)11(15)13-16-4-5-18-13/h2-6,11H,15H2,1H3. The number of thiazole rings is 1. The van der Waals surface area contributed by atoms with Crippen molar-refractivity contribution in [1.82, 2.24) is 4.98 Å². The van der Waals surface area contributed by atoms with Crippen molar-refractivity contribution in [3.8, 4) is 0 Å². The third-order valence-corrected chi connectivity index (χ3v) is 4.03. The van der Waals surface area contributed by atoms with Crippen molar-refractivity contribution < 1.29 is 4.42 Å². The molecule has 3 rings (SSSR count). The zero-order chi connectivity index (χ0) is 12.7. The Labute approximate surface area is 113 Å². The summed E-state index contributed by atoms with van der Waals surface area (Å²) >= 11 is 7.52. The van der Waals surface area contributed by atoms with E-state index in [1.54, 1.807) is 6.20 Å². The smallest absolute Gasteiger partial charge is 0.134 e. The summed E-state index contributed by atoms with van der Waals surface area (Å²) in [6.45, 7) is 1.99. The van der Waals surface area contributed by atoms with Crippen LogP contribution < -0.4 is 5.73 Å². The predicted octanol–water partition coefficient (Wildman–Crippen LogP) is 3.90. The highest BCUT2D eigenvalue weighted by molar-refractivity contribution is 7.09. The van der Waals surface area contributed by atoms with E-state index in [2.05, 4.69) is 4.98 Å². The van der Waals surface area contributed by atoms with Crippen molar-refractivity contribution in [3.05, 3.63) is 51.1 Å². The molecular weight excluding hydrogens is 268 g/mol. The third-order valence-electron chi connectivity index (χ3n) is 2.94. The van der Waals surface area contributed by atoms with Crippen molar-refractivity contribution in [2.24, 2.45) is 5.73 Å². The molecule has 0 saturated carbocycles. The van der Waals surface area contributed by atoms with Crippen LogP contribution >= 0.6 is 22.9 Å². The van der Waals surface area contributed by atoms with E-state index in [9.17, 15) is 0 Å². The third kappa shape index (κ3) is 1.82. The number of rotatable bonds is 2. The molecule has 0 fully saturated rings. The Morgan fingerprint density at radius 1 is 1.44 bits per heavy atom. The molecule has 2 heterocycles. The van der Waals surface area contributed by atoms with Crippen LogP contribution in [0.2, 0.25) is 5.02 Å². The van der Waals surface area contributed by atoms with Crippen molar-refractivity contribution in [3.63, 3.8) is 0 Å². The minimum atomic E-state index is -0.323. The molecule has 0 radical (unpaired) electrons. The molecule has 2 N–H and O–H groups in total. The Kier molecular flexibility index (Phi) is 2.86. The summed E-state index contributed by atoms with van der Waals surface area (Å²) < 4.78 is 5.82. The zero-order valence-corrected chi connectivity index (χ0v) is 11.3. The average molecular weight is 279 g/mol. The van der Waals surface area contributed by atoms with E-state index in [-0.39, 0.29) is 6.04 Å². The second kappa shape index (κ2) is 4.39. The van der Waals surface area contributed by atoms with Gasteiger partial charge in [0.25, 0.3) is 0 Å². The summed E-state index contributed by atoms with van der Waals surface area (Å²) in [5.41, 5.74) is 8.01. The Morgan fingerprint density at radius 3 is 3.00 bits per heavy atom. The summed E-state index contributed by atoms with van der Waals surface area (Å²) in [6, 6.07) is 5.25. The summed E-state index contributed by atoms with van der Waals surface area (Å²) in [4.78, 5) is 4.23. The quantitative estimate of drug-likeness (QED) is 0.773. The molecule has 0 amide bonds. The van der Waals surface area contributed by atoms with Gasteiger partial charge in [-0.1, -0.05) is 11.6 Å². The number of halogens is 1. The topological polar surface area (TPSA) is 52.0 Å². The van der Waals surface area contributed by atoms with Crippen LogP contribution in [0, 0.1) is 6.92 Å². The van der Waals surface area contributed by atoms with Gasteiger partial charge in [0.15, 0.2) is 0 Å². The molecule has 5 heteroatoms. The van der Waals surface area contributed by atoms with Crippen molar-refractivity contribution in [2.75, 3.05) is 0 Å². The van der Waals surface area contributed by atoms with E-state index >= 15 is 0 Å². The monoisotopic (exact) mass is 278 g/mol. The van der Waals surface area contributed by atoms with Crippen LogP contribution in [-0.4, -0.2) is 4.98 Å². The Bertz CT molecular complexity index is 690. The number of hydrogen-bond donors (Lipinski definition) is 1. The fourth-order valence-corrected chi connectivity index (χ4v) is 2.82. The Balaban J connectivity index is 2.15. The van der Waals surface area contributed by atoms with Crippen LogP contribution in [0.5, 0.6) is 0 Å². The van der Waals surface area contributed by atoms with Crippen LogP contribution in [0.3, 0.4) is 0 Å². The molecular formula is C13H11ClN2OS. The van der Waals surface area contributed by atoms with Crippen LogP contribution in [0.4, 0.5) is 0 Å². The van der Waals surface area contributed by atoms with Gasteiger partial charge < -0.3 is 10.2 Å². The first kappa shape index (κ1) is 11.7. The highest BCUT2D eigenvalue weighted by atomic mass is 35.5. The van der Waals surface area contributed by atoms with Crippen LogP contribution in [-0.2, 0) is 0 Å². The second-order valence-electron chi connectivity index (χ2n) is 4.08. The molecule has 2 aromatic heterocycles. The highest BCUT2D eigenvalue weighted by Gasteiger charge is 2.20. The lowest BCUT2D eigenvalue weighted by Crippen LogP contribution is -2.11. The maximum atomic E-state index is 6.18. The summed E-state index contributed by atoms with van der Waals surface area (Å²) in [5.74, 6) is 0.752. The van der Waals surface area contributed by atoms with Crippen LogP contribution in [0.1, 0.15) is 22.4 Å².